The maximum Gasteiger partial charge on any atom is 0.193 e. The van der Waals surface area contributed by atoms with Gasteiger partial charge in [-0.1, -0.05) is 24.3 Å². The summed E-state index contributed by atoms with van der Waals surface area (Å²) in [4.78, 5) is 6.79. The fourth-order valence-corrected chi connectivity index (χ4v) is 3.49. The number of aromatic nitrogens is 2. The second kappa shape index (κ2) is 10.8. The van der Waals surface area contributed by atoms with E-state index in [0.29, 0.717) is 19.1 Å². The number of likely N-dealkylation sites (tertiary alicyclic amines) is 1. The van der Waals surface area contributed by atoms with E-state index >= 15 is 0 Å². The fourth-order valence-electron chi connectivity index (χ4n) is 3.49. The molecule has 152 valence electrons. The van der Waals surface area contributed by atoms with Crippen LogP contribution in [0.1, 0.15) is 17.5 Å². The first-order valence-corrected chi connectivity index (χ1v) is 9.86. The minimum atomic E-state index is 0.549. The molecule has 0 saturated carbocycles. The van der Waals surface area contributed by atoms with E-state index in [1.165, 1.54) is 11.1 Å². The molecule has 1 saturated heterocycles. The van der Waals surface area contributed by atoms with E-state index in [4.69, 9.17) is 9.47 Å². The number of nitrogens with one attached hydrogen (secondary N) is 1. The van der Waals surface area contributed by atoms with Gasteiger partial charge in [-0.25, -0.2) is 0 Å². The first-order valence-electron chi connectivity index (χ1n) is 9.86. The van der Waals surface area contributed by atoms with Crippen LogP contribution in [0, 0.1) is 5.92 Å². The van der Waals surface area contributed by atoms with Crippen molar-refractivity contribution in [1.82, 2.24) is 20.0 Å². The number of hydrogen-bond acceptors (Lipinski definition) is 4. The highest BCUT2D eigenvalue weighted by Gasteiger charge is 2.24. The van der Waals surface area contributed by atoms with Crippen LogP contribution in [0.4, 0.5) is 0 Å². The van der Waals surface area contributed by atoms with Crippen LogP contribution in [0.15, 0.2) is 47.7 Å². The van der Waals surface area contributed by atoms with Gasteiger partial charge in [0, 0.05) is 52.1 Å². The van der Waals surface area contributed by atoms with Crippen molar-refractivity contribution in [1.29, 1.82) is 0 Å². The fraction of sp³-hybridized carbons (Fsp3) is 0.524. The van der Waals surface area contributed by atoms with Crippen LogP contribution in [0.2, 0.25) is 0 Å². The summed E-state index contributed by atoms with van der Waals surface area (Å²) in [6.07, 6.45) is 4.92. The third-order valence-corrected chi connectivity index (χ3v) is 4.93. The number of methoxy groups -OCH3 is 1. The lowest BCUT2D eigenvalue weighted by Gasteiger charge is -2.22. The van der Waals surface area contributed by atoms with Crippen LogP contribution in [-0.4, -0.2) is 67.7 Å². The lowest BCUT2D eigenvalue weighted by molar-refractivity contribution is 0.0536. The summed E-state index contributed by atoms with van der Waals surface area (Å²) in [5.74, 6) is 1.50. The maximum absolute atomic E-state index is 5.69. The number of nitrogens with zero attached hydrogens (tertiary/aromatic N) is 4. The number of aliphatic imine (C=N–C) groups is 1. The first kappa shape index (κ1) is 20.4. The molecule has 1 fully saturated rings. The van der Waals surface area contributed by atoms with E-state index in [2.05, 4.69) is 44.6 Å². The summed E-state index contributed by atoms with van der Waals surface area (Å²) in [5.41, 5.74) is 2.48. The molecule has 1 atom stereocenters. The van der Waals surface area contributed by atoms with Crippen molar-refractivity contribution < 1.29 is 9.47 Å². The summed E-state index contributed by atoms with van der Waals surface area (Å²) in [7, 11) is 3.54. The predicted octanol–water partition coefficient (Wildman–Crippen LogP) is 1.99. The molecule has 1 aromatic heterocycles. The van der Waals surface area contributed by atoms with Crippen LogP contribution in [0.3, 0.4) is 0 Å². The van der Waals surface area contributed by atoms with Crippen molar-refractivity contribution in [2.75, 3.05) is 47.1 Å². The number of guanidine groups is 1. The molecule has 3 rings (SSSR count). The topological polar surface area (TPSA) is 63.9 Å². The molecule has 1 aliphatic rings. The second-order valence-electron chi connectivity index (χ2n) is 7.09. The van der Waals surface area contributed by atoms with Crippen LogP contribution in [0.5, 0.6) is 0 Å². The average Bonchev–Trinajstić information content (AvgIpc) is 3.39. The van der Waals surface area contributed by atoms with Crippen LogP contribution < -0.4 is 5.32 Å². The number of ether oxygens (including phenoxy) is 2. The summed E-state index contributed by atoms with van der Waals surface area (Å²) in [6, 6.07) is 10.5. The van der Waals surface area contributed by atoms with E-state index in [0.717, 1.165) is 45.2 Å². The molecule has 0 amide bonds. The summed E-state index contributed by atoms with van der Waals surface area (Å²) in [5, 5.41) is 7.78. The van der Waals surface area contributed by atoms with Gasteiger partial charge in [0.05, 0.1) is 26.4 Å². The Morgan fingerprint density at radius 1 is 1.29 bits per heavy atom. The molecule has 0 radical (unpaired) electrons. The molecule has 7 heteroatoms. The van der Waals surface area contributed by atoms with Crippen molar-refractivity contribution in [2.24, 2.45) is 10.9 Å². The molecule has 28 heavy (non-hydrogen) atoms. The standard InChI is InChI=1S/C21H31N5O2/c1-22-21(25-10-7-20(15-25)17-28-12-11-27-2)23-14-18-5-3-6-19(13-18)16-26-9-4-8-24-26/h3-6,8-9,13,20H,7,10-12,14-17H2,1-2H3,(H,22,23). The SMILES string of the molecule is CN=C(NCc1cccc(Cn2cccn2)c1)N1CCC(COCCOC)C1. The molecule has 0 aliphatic carbocycles. The van der Waals surface area contributed by atoms with E-state index in [9.17, 15) is 0 Å². The molecular formula is C21H31N5O2. The number of rotatable bonds is 9. The maximum atomic E-state index is 5.69. The van der Waals surface area contributed by atoms with E-state index in [-0.39, 0.29) is 0 Å². The largest absolute Gasteiger partial charge is 0.382 e. The first-order chi connectivity index (χ1) is 13.8. The van der Waals surface area contributed by atoms with Gasteiger partial charge in [-0.3, -0.25) is 9.67 Å². The van der Waals surface area contributed by atoms with Crippen LogP contribution >= 0.6 is 0 Å². The Balaban J connectivity index is 1.47. The average molecular weight is 386 g/mol. The Morgan fingerprint density at radius 3 is 2.96 bits per heavy atom. The highest BCUT2D eigenvalue weighted by atomic mass is 16.5. The summed E-state index contributed by atoms with van der Waals surface area (Å²) in [6.45, 7) is 5.63. The molecule has 1 unspecified atom stereocenters. The minimum absolute atomic E-state index is 0.549. The lowest BCUT2D eigenvalue weighted by Crippen LogP contribution is -2.39. The number of hydrogen-bond donors (Lipinski definition) is 1. The van der Waals surface area contributed by atoms with Gasteiger partial charge in [0.15, 0.2) is 5.96 Å². The molecule has 1 aromatic carbocycles. The highest BCUT2D eigenvalue weighted by Crippen LogP contribution is 2.17. The van der Waals surface area contributed by atoms with Gasteiger partial charge in [0.1, 0.15) is 0 Å². The predicted molar refractivity (Wildman–Crippen MR) is 110 cm³/mol. The minimum Gasteiger partial charge on any atom is -0.382 e. The van der Waals surface area contributed by atoms with E-state index in [1.807, 2.05) is 24.0 Å². The van der Waals surface area contributed by atoms with Crippen LogP contribution in [0.25, 0.3) is 0 Å². The van der Waals surface area contributed by atoms with Gasteiger partial charge >= 0.3 is 0 Å². The Hall–Kier alpha value is -2.38. The quantitative estimate of drug-likeness (QED) is 0.406. The van der Waals surface area contributed by atoms with E-state index < -0.39 is 0 Å². The van der Waals surface area contributed by atoms with Crippen molar-refractivity contribution in [3.05, 3.63) is 53.9 Å². The Kier molecular flexibility index (Phi) is 7.87. The molecule has 0 bridgehead atoms. The van der Waals surface area contributed by atoms with Gasteiger partial charge in [-0.15, -0.1) is 0 Å². The van der Waals surface area contributed by atoms with Crippen LogP contribution in [-0.2, 0) is 22.6 Å². The van der Waals surface area contributed by atoms with Crippen molar-refractivity contribution >= 4 is 5.96 Å². The third-order valence-electron chi connectivity index (χ3n) is 4.93. The van der Waals surface area contributed by atoms with Crippen molar-refractivity contribution in [3.63, 3.8) is 0 Å². The zero-order chi connectivity index (χ0) is 19.6. The summed E-state index contributed by atoms with van der Waals surface area (Å²) < 4.78 is 12.6. The van der Waals surface area contributed by atoms with Gasteiger partial charge in [-0.2, -0.15) is 5.10 Å². The highest BCUT2D eigenvalue weighted by molar-refractivity contribution is 5.80. The van der Waals surface area contributed by atoms with Gasteiger partial charge in [-0.05, 0) is 23.6 Å². The Bertz CT molecular complexity index is 732. The molecule has 1 N–H and O–H groups in total. The number of benzene rings is 1. The Morgan fingerprint density at radius 2 is 2.18 bits per heavy atom. The van der Waals surface area contributed by atoms with Gasteiger partial charge in [0.25, 0.3) is 0 Å². The zero-order valence-electron chi connectivity index (χ0n) is 16.9. The van der Waals surface area contributed by atoms with Crippen molar-refractivity contribution in [2.45, 2.75) is 19.5 Å². The van der Waals surface area contributed by atoms with Crippen molar-refractivity contribution in [3.8, 4) is 0 Å². The van der Waals surface area contributed by atoms with Gasteiger partial charge < -0.3 is 19.7 Å². The monoisotopic (exact) mass is 385 g/mol. The molecule has 7 nitrogen and oxygen atoms in total. The normalized spacial score (nSPS) is 17.3. The zero-order valence-corrected chi connectivity index (χ0v) is 16.9. The molecule has 0 spiro atoms. The second-order valence-corrected chi connectivity index (χ2v) is 7.09. The summed E-state index contributed by atoms with van der Waals surface area (Å²) >= 11 is 0. The Labute approximate surface area is 167 Å². The smallest absolute Gasteiger partial charge is 0.193 e. The third kappa shape index (κ3) is 6.07. The van der Waals surface area contributed by atoms with E-state index in [1.54, 1.807) is 13.3 Å². The van der Waals surface area contributed by atoms with Gasteiger partial charge in [0.2, 0.25) is 0 Å². The molecular weight excluding hydrogens is 354 g/mol. The lowest BCUT2D eigenvalue weighted by atomic mass is 10.1. The molecule has 2 heterocycles. The molecule has 1 aliphatic heterocycles. The molecule has 2 aromatic rings.